The van der Waals surface area contributed by atoms with Gasteiger partial charge in [0.1, 0.15) is 0 Å². The number of alkyl halides is 6. The van der Waals surface area contributed by atoms with Crippen LogP contribution in [-0.4, -0.2) is 18.1 Å². The number of rotatable bonds is 1. The molecule has 0 spiro atoms. The Labute approximate surface area is 62.7 Å². The van der Waals surface area contributed by atoms with Crippen LogP contribution in [0.5, 0.6) is 0 Å². The van der Waals surface area contributed by atoms with Gasteiger partial charge in [-0.1, -0.05) is 0 Å². The predicted molar refractivity (Wildman–Crippen MR) is 26.3 cm³/mol. The fourth-order valence-electron chi connectivity index (χ4n) is 0.265. The molecule has 7 heteroatoms. The lowest BCUT2D eigenvalue weighted by atomic mass is 10.3. The molecule has 0 N–H and O–H groups in total. The van der Waals surface area contributed by atoms with E-state index in [2.05, 4.69) is 0 Å². The first-order valence-corrected chi connectivity index (χ1v) is 2.50. The van der Waals surface area contributed by atoms with Crippen LogP contribution in [0.1, 0.15) is 0 Å². The molecule has 0 aromatic heterocycles. The minimum atomic E-state index is -5.25. The molecule has 0 saturated carbocycles. The molecule has 0 fully saturated rings. The van der Waals surface area contributed by atoms with Gasteiger partial charge in [0.05, 0.1) is 0 Å². The largest absolute Gasteiger partial charge is 0.454 e. The number of allylic oxidation sites excluding steroid dienone is 2. The first-order chi connectivity index (χ1) is 5.13. The molecule has 0 rings (SSSR count). The SMILES string of the molecule is O=C(C=CC(F)(F)F)C(F)(F)F. The Bertz CT molecular complexity index is 197. The fraction of sp³-hybridized carbons (Fsp3) is 0.400. The molecule has 0 saturated heterocycles. The summed E-state index contributed by atoms with van der Waals surface area (Å²) in [6, 6.07) is 0. The van der Waals surface area contributed by atoms with E-state index in [1.54, 1.807) is 0 Å². The third-order valence-corrected chi connectivity index (χ3v) is 0.703. The van der Waals surface area contributed by atoms with Gasteiger partial charge in [0.25, 0.3) is 5.78 Å². The Morgan fingerprint density at radius 1 is 1.00 bits per heavy atom. The lowest BCUT2D eigenvalue weighted by molar-refractivity contribution is -0.165. The molecule has 0 aromatic carbocycles. The van der Waals surface area contributed by atoms with Gasteiger partial charge in [-0.15, -0.1) is 0 Å². The summed E-state index contributed by atoms with van der Waals surface area (Å²) in [6.07, 6.45) is -11.5. The van der Waals surface area contributed by atoms with E-state index in [1.165, 1.54) is 0 Å². The highest BCUT2D eigenvalue weighted by Gasteiger charge is 2.37. The number of hydrogen-bond donors (Lipinski definition) is 0. The Balaban J connectivity index is 4.30. The molecule has 0 atom stereocenters. The zero-order valence-corrected chi connectivity index (χ0v) is 5.33. The Morgan fingerprint density at radius 3 is 1.67 bits per heavy atom. The number of halogens is 6. The third-order valence-electron chi connectivity index (χ3n) is 0.703. The van der Waals surface area contributed by atoms with Crippen LogP contribution in [0.2, 0.25) is 0 Å². The average molecular weight is 192 g/mol. The van der Waals surface area contributed by atoms with Gasteiger partial charge < -0.3 is 0 Å². The predicted octanol–water partition coefficient (Wildman–Crippen LogP) is 2.24. The first kappa shape index (κ1) is 11.0. The maximum atomic E-state index is 11.3. The van der Waals surface area contributed by atoms with Crippen molar-refractivity contribution < 1.29 is 31.1 Å². The van der Waals surface area contributed by atoms with E-state index < -0.39 is 30.3 Å². The molecule has 0 unspecified atom stereocenters. The van der Waals surface area contributed by atoms with Gasteiger partial charge in [-0.05, 0) is 6.08 Å². The van der Waals surface area contributed by atoms with Crippen LogP contribution in [0.25, 0.3) is 0 Å². The second kappa shape index (κ2) is 3.16. The molecule has 0 heterocycles. The Hall–Kier alpha value is -1.01. The first-order valence-electron chi connectivity index (χ1n) is 2.50. The van der Waals surface area contributed by atoms with Gasteiger partial charge in [-0.3, -0.25) is 4.79 Å². The summed E-state index contributed by atoms with van der Waals surface area (Å²) in [5.74, 6) is -2.53. The highest BCUT2D eigenvalue weighted by atomic mass is 19.4. The topological polar surface area (TPSA) is 17.1 Å². The summed E-state index contributed by atoms with van der Waals surface area (Å²) in [7, 11) is 0. The van der Waals surface area contributed by atoms with Gasteiger partial charge in [-0.2, -0.15) is 26.3 Å². The van der Waals surface area contributed by atoms with E-state index >= 15 is 0 Å². The molecule has 0 aliphatic heterocycles. The lowest BCUT2D eigenvalue weighted by Crippen LogP contribution is -2.20. The molecule has 1 nitrogen and oxygen atoms in total. The van der Waals surface area contributed by atoms with Crippen LogP contribution in [0, 0.1) is 0 Å². The van der Waals surface area contributed by atoms with Gasteiger partial charge >= 0.3 is 12.4 Å². The van der Waals surface area contributed by atoms with Crippen molar-refractivity contribution in [2.45, 2.75) is 12.4 Å². The molecule has 0 aliphatic rings. The maximum Gasteiger partial charge on any atom is 0.454 e. The van der Waals surface area contributed by atoms with Crippen molar-refractivity contribution in [3.63, 3.8) is 0 Å². The summed E-state index contributed by atoms with van der Waals surface area (Å²) in [4.78, 5) is 9.80. The highest BCUT2D eigenvalue weighted by molar-refractivity contribution is 5.94. The van der Waals surface area contributed by atoms with Crippen LogP contribution in [0.15, 0.2) is 12.2 Å². The molecule has 0 bridgehead atoms. The number of carbonyl (C=O) groups excluding carboxylic acids is 1. The number of carbonyl (C=O) groups is 1. The van der Waals surface area contributed by atoms with E-state index in [-0.39, 0.29) is 0 Å². The van der Waals surface area contributed by atoms with Gasteiger partial charge in [-0.25, -0.2) is 0 Å². The molecular formula is C5H2F6O. The molecular weight excluding hydrogens is 190 g/mol. The van der Waals surface area contributed by atoms with Crippen molar-refractivity contribution in [3.8, 4) is 0 Å². The second-order valence-electron chi connectivity index (χ2n) is 1.74. The van der Waals surface area contributed by atoms with Crippen LogP contribution >= 0.6 is 0 Å². The minimum absolute atomic E-state index is 0.556. The average Bonchev–Trinajstić information content (AvgIpc) is 1.78. The van der Waals surface area contributed by atoms with E-state index in [0.717, 1.165) is 0 Å². The standard InChI is InChI=1S/C5H2F6O/c6-4(7,8)2-1-3(12)5(9,10)11/h1-2H. The Morgan fingerprint density at radius 2 is 1.42 bits per heavy atom. The lowest BCUT2D eigenvalue weighted by Gasteiger charge is -2.00. The summed E-state index contributed by atoms with van der Waals surface area (Å²) in [5.41, 5.74) is 0. The van der Waals surface area contributed by atoms with Crippen LogP contribution in [0.3, 0.4) is 0 Å². The van der Waals surface area contributed by atoms with E-state index in [4.69, 9.17) is 0 Å². The molecule has 0 aromatic rings. The number of hydrogen-bond acceptors (Lipinski definition) is 1. The molecule has 70 valence electrons. The van der Waals surface area contributed by atoms with Gasteiger partial charge in [0.15, 0.2) is 0 Å². The quantitative estimate of drug-likeness (QED) is 0.460. The molecule has 12 heavy (non-hydrogen) atoms. The summed E-state index contributed by atoms with van der Waals surface area (Å²) >= 11 is 0. The van der Waals surface area contributed by atoms with Crippen molar-refractivity contribution in [1.82, 2.24) is 0 Å². The van der Waals surface area contributed by atoms with E-state index in [9.17, 15) is 31.1 Å². The smallest absolute Gasteiger partial charge is 0.285 e. The van der Waals surface area contributed by atoms with Crippen LogP contribution < -0.4 is 0 Å². The second-order valence-corrected chi connectivity index (χ2v) is 1.74. The van der Waals surface area contributed by atoms with Crippen molar-refractivity contribution in [1.29, 1.82) is 0 Å². The maximum absolute atomic E-state index is 11.3. The highest BCUT2D eigenvalue weighted by Crippen LogP contribution is 2.20. The monoisotopic (exact) mass is 192 g/mol. The van der Waals surface area contributed by atoms with Crippen molar-refractivity contribution in [3.05, 3.63) is 12.2 Å². The minimum Gasteiger partial charge on any atom is -0.285 e. The fourth-order valence-corrected chi connectivity index (χ4v) is 0.265. The van der Waals surface area contributed by atoms with Crippen molar-refractivity contribution in [2.24, 2.45) is 0 Å². The normalized spacial score (nSPS) is 13.8. The van der Waals surface area contributed by atoms with Crippen molar-refractivity contribution >= 4 is 5.78 Å². The zero-order valence-electron chi connectivity index (χ0n) is 5.33. The third kappa shape index (κ3) is 4.75. The molecule has 0 aliphatic carbocycles. The molecule has 0 amide bonds. The van der Waals surface area contributed by atoms with E-state index in [0.29, 0.717) is 0 Å². The Kier molecular flexibility index (Phi) is 2.89. The van der Waals surface area contributed by atoms with Crippen LogP contribution in [0.4, 0.5) is 26.3 Å². The van der Waals surface area contributed by atoms with Gasteiger partial charge in [0, 0.05) is 6.08 Å². The number of ketones is 1. The summed E-state index contributed by atoms with van der Waals surface area (Å²) in [5, 5.41) is 0. The summed E-state index contributed by atoms with van der Waals surface area (Å²) < 4.78 is 67.4. The van der Waals surface area contributed by atoms with Crippen LogP contribution in [-0.2, 0) is 4.79 Å². The zero-order chi connectivity index (χ0) is 9.99. The summed E-state index contributed by atoms with van der Waals surface area (Å²) in [6.45, 7) is 0. The van der Waals surface area contributed by atoms with Crippen molar-refractivity contribution in [2.75, 3.05) is 0 Å². The molecule has 0 radical (unpaired) electrons. The van der Waals surface area contributed by atoms with E-state index in [1.807, 2.05) is 0 Å². The van der Waals surface area contributed by atoms with Gasteiger partial charge in [0.2, 0.25) is 0 Å².